The predicted molar refractivity (Wildman–Crippen MR) is 85.4 cm³/mol. The smallest absolute Gasteiger partial charge is 0.279 e. The summed E-state index contributed by atoms with van der Waals surface area (Å²) in [6, 6.07) is 7.95. The van der Waals surface area contributed by atoms with Crippen LogP contribution in [0.1, 0.15) is 24.0 Å². The van der Waals surface area contributed by atoms with Gasteiger partial charge in [-0.15, -0.1) is 12.4 Å². The second kappa shape index (κ2) is 6.62. The summed E-state index contributed by atoms with van der Waals surface area (Å²) in [6.07, 6.45) is 3.02. The fourth-order valence-electron chi connectivity index (χ4n) is 2.66. The molecule has 1 fully saturated rings. The Hall–Kier alpha value is -0.660. The van der Waals surface area contributed by atoms with Gasteiger partial charge in [-0.1, -0.05) is 24.3 Å². The molecule has 0 amide bonds. The van der Waals surface area contributed by atoms with Gasteiger partial charge in [-0.2, -0.15) is 12.7 Å². The van der Waals surface area contributed by atoms with Crippen LogP contribution in [0.25, 0.3) is 0 Å². The van der Waals surface area contributed by atoms with E-state index in [0.717, 1.165) is 24.8 Å². The summed E-state index contributed by atoms with van der Waals surface area (Å²) in [5, 5.41) is 0. The molecule has 21 heavy (non-hydrogen) atoms. The normalized spacial score (nSPS) is 20.4. The van der Waals surface area contributed by atoms with E-state index in [2.05, 4.69) is 10.8 Å². The Bertz CT molecular complexity index is 590. The minimum Gasteiger partial charge on any atom is -0.326 e. The molecule has 1 atom stereocenters. The van der Waals surface area contributed by atoms with E-state index in [1.165, 1.54) is 9.87 Å². The van der Waals surface area contributed by atoms with Crippen LogP contribution in [0.5, 0.6) is 0 Å². The van der Waals surface area contributed by atoms with Crippen molar-refractivity contribution in [3.05, 3.63) is 35.4 Å². The molecule has 0 radical (unpaired) electrons. The SMILES string of the molecule is Cl.NC(CNS(=O)(=O)N1CCc2ccccc2C1)C1CC1. The lowest BCUT2D eigenvalue weighted by Gasteiger charge is -2.28. The second-order valence-corrected chi connectivity index (χ2v) is 7.46. The van der Waals surface area contributed by atoms with Gasteiger partial charge in [0.15, 0.2) is 0 Å². The van der Waals surface area contributed by atoms with E-state index in [0.29, 0.717) is 25.6 Å². The van der Waals surface area contributed by atoms with E-state index in [1.54, 1.807) is 0 Å². The Labute approximate surface area is 132 Å². The monoisotopic (exact) mass is 331 g/mol. The van der Waals surface area contributed by atoms with Crippen LogP contribution in [-0.2, 0) is 23.2 Å². The molecular formula is C14H22ClN3O2S. The molecule has 1 saturated carbocycles. The number of nitrogens with two attached hydrogens (primary N) is 1. The molecule has 7 heteroatoms. The van der Waals surface area contributed by atoms with E-state index in [9.17, 15) is 8.42 Å². The zero-order valence-electron chi connectivity index (χ0n) is 11.9. The topological polar surface area (TPSA) is 75.4 Å². The van der Waals surface area contributed by atoms with Crippen LogP contribution in [0.3, 0.4) is 0 Å². The Morgan fingerprint density at radius 1 is 1.29 bits per heavy atom. The summed E-state index contributed by atoms with van der Waals surface area (Å²) in [5.74, 6) is 0.500. The van der Waals surface area contributed by atoms with Gasteiger partial charge in [0.25, 0.3) is 10.2 Å². The largest absolute Gasteiger partial charge is 0.326 e. The molecule has 3 rings (SSSR count). The van der Waals surface area contributed by atoms with E-state index >= 15 is 0 Å². The molecule has 3 N–H and O–H groups in total. The van der Waals surface area contributed by atoms with E-state index in [-0.39, 0.29) is 18.4 Å². The standard InChI is InChI=1S/C14H21N3O2S.ClH/c15-14(12-5-6-12)9-16-20(18,19)17-8-7-11-3-1-2-4-13(11)10-17;/h1-4,12,14,16H,5-10,15H2;1H. The molecule has 2 aliphatic rings. The Kier molecular flexibility index (Phi) is 5.27. The third-order valence-corrected chi connectivity index (χ3v) is 5.69. The fraction of sp³-hybridized carbons (Fsp3) is 0.571. The van der Waals surface area contributed by atoms with Gasteiger partial charge >= 0.3 is 0 Å². The van der Waals surface area contributed by atoms with Crippen LogP contribution in [0.15, 0.2) is 24.3 Å². The number of fused-ring (bicyclic) bond motifs is 1. The number of nitrogens with one attached hydrogen (secondary N) is 1. The molecule has 5 nitrogen and oxygen atoms in total. The Morgan fingerprint density at radius 3 is 2.62 bits per heavy atom. The van der Waals surface area contributed by atoms with Crippen LogP contribution in [0.4, 0.5) is 0 Å². The van der Waals surface area contributed by atoms with Gasteiger partial charge in [0.1, 0.15) is 0 Å². The first-order valence-electron chi connectivity index (χ1n) is 7.13. The summed E-state index contributed by atoms with van der Waals surface area (Å²) >= 11 is 0. The van der Waals surface area contributed by atoms with Crippen molar-refractivity contribution in [2.75, 3.05) is 13.1 Å². The number of halogens is 1. The van der Waals surface area contributed by atoms with Crippen molar-refractivity contribution in [2.24, 2.45) is 11.7 Å². The van der Waals surface area contributed by atoms with Crippen molar-refractivity contribution in [3.63, 3.8) is 0 Å². The molecule has 1 unspecified atom stereocenters. The molecule has 0 spiro atoms. The molecule has 0 bridgehead atoms. The molecule has 1 heterocycles. The first-order chi connectivity index (χ1) is 9.56. The molecule has 1 aromatic carbocycles. The highest BCUT2D eigenvalue weighted by Gasteiger charge is 2.31. The minimum absolute atomic E-state index is 0. The number of hydrogen-bond acceptors (Lipinski definition) is 3. The highest BCUT2D eigenvalue weighted by molar-refractivity contribution is 7.87. The van der Waals surface area contributed by atoms with E-state index < -0.39 is 10.2 Å². The van der Waals surface area contributed by atoms with Crippen molar-refractivity contribution in [1.82, 2.24) is 9.03 Å². The quantitative estimate of drug-likeness (QED) is 0.846. The summed E-state index contributed by atoms with van der Waals surface area (Å²) in [6.45, 7) is 1.32. The molecular weight excluding hydrogens is 310 g/mol. The molecule has 118 valence electrons. The molecule has 1 aliphatic heterocycles. The number of nitrogens with zero attached hydrogens (tertiary/aromatic N) is 1. The maximum absolute atomic E-state index is 12.3. The third-order valence-electron chi connectivity index (χ3n) is 4.16. The molecule has 0 aromatic heterocycles. The van der Waals surface area contributed by atoms with Gasteiger partial charge in [0.2, 0.25) is 0 Å². The van der Waals surface area contributed by atoms with E-state index in [1.807, 2.05) is 18.2 Å². The predicted octanol–water partition coefficient (Wildman–Crippen LogP) is 1.04. The number of hydrogen-bond donors (Lipinski definition) is 2. The zero-order valence-corrected chi connectivity index (χ0v) is 13.5. The lowest BCUT2D eigenvalue weighted by atomic mass is 10.0. The summed E-state index contributed by atoms with van der Waals surface area (Å²) < 4.78 is 28.8. The lowest BCUT2D eigenvalue weighted by Crippen LogP contribution is -2.47. The average Bonchev–Trinajstić information content (AvgIpc) is 3.29. The fourth-order valence-corrected chi connectivity index (χ4v) is 3.89. The molecule has 0 saturated heterocycles. The number of rotatable bonds is 5. The highest BCUT2D eigenvalue weighted by atomic mass is 35.5. The molecule has 1 aromatic rings. The zero-order chi connectivity index (χ0) is 14.2. The third kappa shape index (κ3) is 3.96. The van der Waals surface area contributed by atoms with Crippen molar-refractivity contribution in [3.8, 4) is 0 Å². The van der Waals surface area contributed by atoms with Crippen molar-refractivity contribution in [2.45, 2.75) is 31.8 Å². The van der Waals surface area contributed by atoms with Crippen molar-refractivity contribution >= 4 is 22.6 Å². The van der Waals surface area contributed by atoms with Gasteiger partial charge in [-0.05, 0) is 36.3 Å². The molecule has 1 aliphatic carbocycles. The van der Waals surface area contributed by atoms with Gasteiger partial charge in [-0.25, -0.2) is 4.72 Å². The van der Waals surface area contributed by atoms with E-state index in [4.69, 9.17) is 5.73 Å². The maximum atomic E-state index is 12.3. The van der Waals surface area contributed by atoms with Gasteiger partial charge in [-0.3, -0.25) is 0 Å². The van der Waals surface area contributed by atoms with Crippen LogP contribution < -0.4 is 10.5 Å². The van der Waals surface area contributed by atoms with Gasteiger partial charge < -0.3 is 5.73 Å². The summed E-state index contributed by atoms with van der Waals surface area (Å²) in [5.41, 5.74) is 8.28. The first kappa shape index (κ1) is 16.7. The maximum Gasteiger partial charge on any atom is 0.279 e. The summed E-state index contributed by atoms with van der Waals surface area (Å²) in [7, 11) is -3.42. The van der Waals surface area contributed by atoms with Crippen LogP contribution >= 0.6 is 12.4 Å². The van der Waals surface area contributed by atoms with Crippen molar-refractivity contribution < 1.29 is 8.42 Å². The Morgan fingerprint density at radius 2 is 1.95 bits per heavy atom. The Balaban J connectivity index is 0.00000161. The minimum atomic E-state index is -3.42. The lowest BCUT2D eigenvalue weighted by molar-refractivity contribution is 0.381. The first-order valence-corrected chi connectivity index (χ1v) is 8.57. The van der Waals surface area contributed by atoms with Crippen LogP contribution in [0, 0.1) is 5.92 Å². The van der Waals surface area contributed by atoms with Crippen LogP contribution in [0.2, 0.25) is 0 Å². The van der Waals surface area contributed by atoms with Gasteiger partial charge in [0.05, 0.1) is 0 Å². The van der Waals surface area contributed by atoms with Crippen LogP contribution in [-0.4, -0.2) is 31.9 Å². The second-order valence-electron chi connectivity index (χ2n) is 5.71. The van der Waals surface area contributed by atoms with Gasteiger partial charge in [0, 0.05) is 25.7 Å². The highest BCUT2D eigenvalue weighted by Crippen LogP contribution is 2.31. The summed E-state index contributed by atoms with van der Waals surface area (Å²) in [4.78, 5) is 0. The van der Waals surface area contributed by atoms with Crippen molar-refractivity contribution in [1.29, 1.82) is 0 Å². The average molecular weight is 332 g/mol. The number of benzene rings is 1.